The van der Waals surface area contributed by atoms with E-state index in [9.17, 15) is 19.9 Å². The number of hydroxylamine groups is 2. The quantitative estimate of drug-likeness (QED) is 0.405. The summed E-state index contributed by atoms with van der Waals surface area (Å²) in [6.45, 7) is 4.18. The fraction of sp³-hybridized carbons (Fsp3) is 0.385. The SMILES string of the molecule is NC(=O)C(O)C(Cc1ccccc1)N([O-])C(=O)c1cccnc1-n1ccc(CN2CC3COCC3C2)n1. The minimum absolute atomic E-state index is 0.00487. The van der Waals surface area contributed by atoms with Crippen LogP contribution in [0.1, 0.15) is 21.6 Å². The van der Waals surface area contributed by atoms with Gasteiger partial charge in [0.25, 0.3) is 0 Å². The highest BCUT2D eigenvalue weighted by molar-refractivity contribution is 5.98. The molecule has 0 spiro atoms. The topological polar surface area (TPSA) is 150 Å². The number of carbonyl (C=O) groups is 2. The lowest BCUT2D eigenvalue weighted by molar-refractivity contribution is -0.128. The van der Waals surface area contributed by atoms with Gasteiger partial charge in [0, 0.05) is 43.9 Å². The van der Waals surface area contributed by atoms with E-state index in [-0.39, 0.29) is 22.9 Å². The van der Waals surface area contributed by atoms with Gasteiger partial charge < -0.3 is 25.8 Å². The summed E-state index contributed by atoms with van der Waals surface area (Å²) in [5.41, 5.74) is 6.76. The Kier molecular flexibility index (Phi) is 7.28. The van der Waals surface area contributed by atoms with Crippen LogP contribution in [0.25, 0.3) is 5.82 Å². The lowest BCUT2D eigenvalue weighted by Gasteiger charge is -2.39. The van der Waals surface area contributed by atoms with Gasteiger partial charge in [0.15, 0.2) is 11.9 Å². The first-order valence-corrected chi connectivity index (χ1v) is 12.2. The van der Waals surface area contributed by atoms with Gasteiger partial charge in [-0.25, -0.2) is 9.67 Å². The van der Waals surface area contributed by atoms with Crippen molar-refractivity contribution in [1.29, 1.82) is 0 Å². The van der Waals surface area contributed by atoms with Crippen LogP contribution in [0.3, 0.4) is 0 Å². The van der Waals surface area contributed by atoms with E-state index < -0.39 is 24.0 Å². The minimum atomic E-state index is -1.84. The third-order valence-corrected chi connectivity index (χ3v) is 7.02. The van der Waals surface area contributed by atoms with Crippen molar-refractivity contribution in [3.8, 4) is 5.82 Å². The van der Waals surface area contributed by atoms with Gasteiger partial charge in [-0.15, -0.1) is 0 Å². The number of amides is 2. The number of primary amides is 1. The van der Waals surface area contributed by atoms with Gasteiger partial charge in [-0.1, -0.05) is 30.3 Å². The van der Waals surface area contributed by atoms with Crippen LogP contribution in [-0.4, -0.2) is 80.1 Å². The Labute approximate surface area is 214 Å². The molecule has 194 valence electrons. The molecule has 4 heterocycles. The van der Waals surface area contributed by atoms with Gasteiger partial charge in [0.2, 0.25) is 11.8 Å². The molecule has 2 saturated heterocycles. The van der Waals surface area contributed by atoms with E-state index in [4.69, 9.17) is 10.5 Å². The molecule has 4 unspecified atom stereocenters. The largest absolute Gasteiger partial charge is 0.756 e. The van der Waals surface area contributed by atoms with E-state index in [1.807, 2.05) is 6.07 Å². The van der Waals surface area contributed by atoms with Crippen molar-refractivity contribution >= 4 is 11.8 Å². The summed E-state index contributed by atoms with van der Waals surface area (Å²) in [5, 5.41) is 28.3. The molecule has 2 amide bonds. The molecule has 1 aromatic carbocycles. The van der Waals surface area contributed by atoms with Crippen LogP contribution in [0.4, 0.5) is 0 Å². The lowest BCUT2D eigenvalue weighted by atomic mass is 10.00. The van der Waals surface area contributed by atoms with Crippen molar-refractivity contribution in [3.63, 3.8) is 0 Å². The summed E-state index contributed by atoms with van der Waals surface area (Å²) in [7, 11) is 0. The zero-order valence-electron chi connectivity index (χ0n) is 20.2. The molecule has 3 N–H and O–H groups in total. The zero-order chi connectivity index (χ0) is 25.9. The molecule has 2 aliphatic rings. The van der Waals surface area contributed by atoms with E-state index in [0.717, 1.165) is 32.0 Å². The molecule has 11 nitrogen and oxygen atoms in total. The second-order valence-electron chi connectivity index (χ2n) is 9.61. The van der Waals surface area contributed by atoms with Crippen LogP contribution in [0, 0.1) is 17.0 Å². The van der Waals surface area contributed by atoms with Gasteiger partial charge in [-0.05, 0) is 30.2 Å². The number of likely N-dealkylation sites (tertiary alicyclic amines) is 1. The van der Waals surface area contributed by atoms with Crippen LogP contribution in [0.2, 0.25) is 0 Å². The number of aromatic nitrogens is 3. The first-order chi connectivity index (χ1) is 17.9. The Morgan fingerprint density at radius 1 is 1.14 bits per heavy atom. The second kappa shape index (κ2) is 10.8. The van der Waals surface area contributed by atoms with Gasteiger partial charge >= 0.3 is 0 Å². The second-order valence-corrected chi connectivity index (χ2v) is 9.61. The number of benzene rings is 1. The van der Waals surface area contributed by atoms with Gasteiger partial charge in [0.1, 0.15) is 0 Å². The summed E-state index contributed by atoms with van der Waals surface area (Å²) >= 11 is 0. The predicted molar refractivity (Wildman–Crippen MR) is 133 cm³/mol. The smallest absolute Gasteiger partial charge is 0.248 e. The summed E-state index contributed by atoms with van der Waals surface area (Å²) in [5.74, 6) is -0.739. The molecule has 2 fully saturated rings. The number of carbonyl (C=O) groups excluding carboxylic acids is 2. The molecule has 5 rings (SSSR count). The molecule has 0 saturated carbocycles. The Bertz CT molecular complexity index is 1240. The van der Waals surface area contributed by atoms with Crippen molar-refractivity contribution in [2.45, 2.75) is 25.1 Å². The average molecular weight is 506 g/mol. The fourth-order valence-corrected chi connectivity index (χ4v) is 5.09. The van der Waals surface area contributed by atoms with Gasteiger partial charge in [0.05, 0.1) is 30.5 Å². The first kappa shape index (κ1) is 25.0. The molecule has 0 bridgehead atoms. The van der Waals surface area contributed by atoms with Crippen molar-refractivity contribution in [3.05, 3.63) is 83.0 Å². The summed E-state index contributed by atoms with van der Waals surface area (Å²) < 4.78 is 7.01. The van der Waals surface area contributed by atoms with Gasteiger partial charge in [-0.3, -0.25) is 14.5 Å². The average Bonchev–Trinajstić information content (AvgIpc) is 3.64. The molecule has 2 aromatic heterocycles. The normalized spacial score (nSPS) is 20.9. The van der Waals surface area contributed by atoms with Crippen molar-refractivity contribution in [2.24, 2.45) is 17.6 Å². The summed E-state index contributed by atoms with van der Waals surface area (Å²) in [6.07, 6.45) is 1.31. The van der Waals surface area contributed by atoms with Crippen molar-refractivity contribution in [1.82, 2.24) is 24.7 Å². The highest BCUT2D eigenvalue weighted by Crippen LogP contribution is 2.30. The molecule has 2 aliphatic heterocycles. The molecular weight excluding hydrogens is 476 g/mol. The highest BCUT2D eigenvalue weighted by atomic mass is 16.5. The van der Waals surface area contributed by atoms with E-state index in [1.165, 1.54) is 23.0 Å². The Morgan fingerprint density at radius 3 is 2.57 bits per heavy atom. The molecule has 0 aliphatic carbocycles. The molecular formula is C26H29N6O5-. The number of hydrogen-bond acceptors (Lipinski definition) is 8. The number of pyridine rings is 1. The Morgan fingerprint density at radius 2 is 1.86 bits per heavy atom. The molecule has 11 heteroatoms. The summed E-state index contributed by atoms with van der Waals surface area (Å²) in [6, 6.07) is 12.2. The molecule has 4 atom stereocenters. The standard InChI is InChI=1S/C26H29N6O5/c27-24(34)23(33)22(11-17-5-2-1-3-6-17)32(36)26(35)21-7-4-9-28-25(21)31-10-8-20(29-31)14-30-12-18-15-37-16-19(18)13-30/h1-10,18-19,22-23,33H,11-16H2,(H2,27,34)/q-1. The van der Waals surface area contributed by atoms with Gasteiger partial charge in [-0.2, -0.15) is 5.10 Å². The fourth-order valence-electron chi connectivity index (χ4n) is 5.09. The van der Waals surface area contributed by atoms with Crippen molar-refractivity contribution in [2.75, 3.05) is 26.3 Å². The number of ether oxygens (including phenoxy) is 1. The number of fused-ring (bicyclic) bond motifs is 1. The molecule has 3 aromatic rings. The Balaban J connectivity index is 1.35. The summed E-state index contributed by atoms with van der Waals surface area (Å²) in [4.78, 5) is 31.7. The van der Waals surface area contributed by atoms with Crippen LogP contribution >= 0.6 is 0 Å². The first-order valence-electron chi connectivity index (χ1n) is 12.2. The van der Waals surface area contributed by atoms with E-state index >= 15 is 0 Å². The third kappa shape index (κ3) is 5.39. The number of hydrogen-bond donors (Lipinski definition) is 2. The highest BCUT2D eigenvalue weighted by Gasteiger charge is 2.37. The maximum Gasteiger partial charge on any atom is 0.248 e. The number of rotatable bonds is 9. The third-order valence-electron chi connectivity index (χ3n) is 7.02. The number of nitrogens with zero attached hydrogens (tertiary/aromatic N) is 5. The maximum absolute atomic E-state index is 13.3. The predicted octanol–water partition coefficient (Wildman–Crippen LogP) is 0.743. The van der Waals surface area contributed by atoms with E-state index in [2.05, 4.69) is 15.0 Å². The van der Waals surface area contributed by atoms with E-state index in [1.54, 1.807) is 36.5 Å². The lowest BCUT2D eigenvalue weighted by Crippen LogP contribution is -2.50. The minimum Gasteiger partial charge on any atom is -0.756 e. The van der Waals surface area contributed by atoms with Crippen molar-refractivity contribution < 1.29 is 19.4 Å². The maximum atomic E-state index is 13.3. The number of aliphatic hydroxyl groups is 1. The van der Waals surface area contributed by atoms with E-state index in [0.29, 0.717) is 23.9 Å². The number of nitrogens with two attached hydrogens (primary N) is 1. The molecule has 37 heavy (non-hydrogen) atoms. The van der Waals surface area contributed by atoms with Crippen LogP contribution < -0.4 is 5.73 Å². The van der Waals surface area contributed by atoms with Crippen LogP contribution in [0.15, 0.2) is 60.9 Å². The van der Waals surface area contributed by atoms with Crippen LogP contribution in [-0.2, 0) is 22.5 Å². The Hall–Kier alpha value is -3.64. The monoisotopic (exact) mass is 505 g/mol. The number of aliphatic hydroxyl groups excluding tert-OH is 1. The van der Waals surface area contributed by atoms with Crippen LogP contribution in [0.5, 0.6) is 0 Å². The molecule has 0 radical (unpaired) electrons. The zero-order valence-corrected chi connectivity index (χ0v) is 20.2.